The Bertz CT molecular complexity index is 612. The van der Waals surface area contributed by atoms with Crippen LogP contribution in [-0.4, -0.2) is 43.4 Å². The second-order valence-corrected chi connectivity index (χ2v) is 5.64. The van der Waals surface area contributed by atoms with E-state index in [9.17, 15) is 18.4 Å². The highest BCUT2D eigenvalue weighted by Crippen LogP contribution is 2.28. The molecule has 0 bridgehead atoms. The van der Waals surface area contributed by atoms with E-state index in [0.717, 1.165) is 11.3 Å². The number of fused-ring (bicyclic) bond motifs is 1. The molecule has 1 atom stereocenters. The molecule has 1 fully saturated rings. The number of carbonyl (C=O) groups excluding carboxylic acids is 2. The van der Waals surface area contributed by atoms with Gasteiger partial charge >= 0.3 is 0 Å². The van der Waals surface area contributed by atoms with Crippen molar-refractivity contribution in [2.75, 3.05) is 24.5 Å². The summed E-state index contributed by atoms with van der Waals surface area (Å²) in [4.78, 5) is 25.4. The molecule has 8 heteroatoms. The smallest absolute Gasteiger partial charge is 0.262 e. The molecule has 1 saturated heterocycles. The van der Waals surface area contributed by atoms with Crippen LogP contribution in [0.1, 0.15) is 12.0 Å². The maximum atomic E-state index is 13.0. The van der Waals surface area contributed by atoms with Crippen molar-refractivity contribution >= 4 is 29.9 Å². The second-order valence-electron chi connectivity index (χ2n) is 5.64. The molecular formula is C15H18ClF2N3O2. The number of nitrogens with one attached hydrogen (secondary N) is 2. The van der Waals surface area contributed by atoms with E-state index < -0.39 is 30.8 Å². The first-order chi connectivity index (χ1) is 10.5. The monoisotopic (exact) mass is 345 g/mol. The van der Waals surface area contributed by atoms with Gasteiger partial charge in [-0.15, -0.1) is 12.4 Å². The number of benzene rings is 1. The van der Waals surface area contributed by atoms with Crippen LogP contribution in [0.2, 0.25) is 0 Å². The average Bonchev–Trinajstić information content (AvgIpc) is 2.99. The lowest BCUT2D eigenvalue weighted by Crippen LogP contribution is -2.44. The number of halogens is 3. The summed E-state index contributed by atoms with van der Waals surface area (Å²) in [6.07, 6.45) is -0.120. The van der Waals surface area contributed by atoms with Crippen molar-refractivity contribution in [1.29, 1.82) is 0 Å². The topological polar surface area (TPSA) is 61.4 Å². The van der Waals surface area contributed by atoms with Gasteiger partial charge in [-0.3, -0.25) is 14.9 Å². The zero-order chi connectivity index (χ0) is 15.7. The predicted octanol–water partition coefficient (Wildman–Crippen LogP) is 1.11. The summed E-state index contributed by atoms with van der Waals surface area (Å²) in [5, 5.41) is 5.12. The zero-order valence-corrected chi connectivity index (χ0v) is 13.2. The minimum atomic E-state index is -2.83. The first-order valence-corrected chi connectivity index (χ1v) is 7.23. The number of anilines is 1. The molecule has 0 aliphatic carbocycles. The van der Waals surface area contributed by atoms with Crippen molar-refractivity contribution in [3.05, 3.63) is 29.8 Å². The Balaban J connectivity index is 0.00000192. The van der Waals surface area contributed by atoms with E-state index in [4.69, 9.17) is 0 Å². The van der Waals surface area contributed by atoms with Gasteiger partial charge < -0.3 is 10.2 Å². The molecule has 2 amide bonds. The summed E-state index contributed by atoms with van der Waals surface area (Å²) in [7, 11) is 0. The number of amides is 2. The van der Waals surface area contributed by atoms with Crippen LogP contribution in [0.15, 0.2) is 24.3 Å². The molecule has 23 heavy (non-hydrogen) atoms. The van der Waals surface area contributed by atoms with E-state index >= 15 is 0 Å². The molecule has 2 N–H and O–H groups in total. The molecule has 2 aliphatic heterocycles. The Kier molecular flexibility index (Phi) is 5.21. The van der Waals surface area contributed by atoms with Crippen molar-refractivity contribution in [2.45, 2.75) is 24.8 Å². The molecule has 5 nitrogen and oxygen atoms in total. The van der Waals surface area contributed by atoms with E-state index in [2.05, 4.69) is 10.6 Å². The van der Waals surface area contributed by atoms with Gasteiger partial charge in [-0.05, 0) is 11.6 Å². The summed E-state index contributed by atoms with van der Waals surface area (Å²) >= 11 is 0. The van der Waals surface area contributed by atoms with Gasteiger partial charge in [0.25, 0.3) is 5.92 Å². The number of alkyl halides is 2. The third-order valence-electron chi connectivity index (χ3n) is 3.99. The molecule has 0 saturated carbocycles. The van der Waals surface area contributed by atoms with Crippen LogP contribution in [0, 0.1) is 0 Å². The van der Waals surface area contributed by atoms with Crippen molar-refractivity contribution < 1.29 is 18.4 Å². The molecule has 2 heterocycles. The molecule has 1 unspecified atom stereocenters. The van der Waals surface area contributed by atoms with Crippen molar-refractivity contribution in [3.8, 4) is 0 Å². The molecule has 126 valence electrons. The van der Waals surface area contributed by atoms with Crippen LogP contribution < -0.4 is 15.5 Å². The largest absolute Gasteiger partial charge is 0.353 e. The van der Waals surface area contributed by atoms with Crippen LogP contribution in [0.5, 0.6) is 0 Å². The standard InChI is InChI=1S/C15H17F2N3O2.ClH/c16-15(17)8-11(19-9-15)14(22)18-5-6-20-12-4-2-1-3-10(12)7-13(20)21;/h1-4,11,19H,5-9H2,(H,18,22);1H. The molecule has 3 rings (SSSR count). The molecular weight excluding hydrogens is 328 g/mol. The highest BCUT2D eigenvalue weighted by Gasteiger charge is 2.42. The van der Waals surface area contributed by atoms with E-state index in [1.807, 2.05) is 24.3 Å². The Morgan fingerprint density at radius 2 is 2.13 bits per heavy atom. The summed E-state index contributed by atoms with van der Waals surface area (Å²) in [6, 6.07) is 6.63. The lowest BCUT2D eigenvalue weighted by molar-refractivity contribution is -0.123. The van der Waals surface area contributed by atoms with E-state index in [1.54, 1.807) is 4.90 Å². The fraction of sp³-hybridized carbons (Fsp3) is 0.467. The van der Waals surface area contributed by atoms with Crippen molar-refractivity contribution in [3.63, 3.8) is 0 Å². The summed E-state index contributed by atoms with van der Waals surface area (Å²) < 4.78 is 26.1. The minimum absolute atomic E-state index is 0. The minimum Gasteiger partial charge on any atom is -0.353 e. The Morgan fingerprint density at radius 1 is 1.39 bits per heavy atom. The van der Waals surface area contributed by atoms with Gasteiger partial charge in [0.05, 0.1) is 19.0 Å². The number of rotatable bonds is 4. The van der Waals surface area contributed by atoms with E-state index in [-0.39, 0.29) is 24.9 Å². The SMILES string of the molecule is Cl.O=C(NCCN1C(=O)Cc2ccccc21)C1CC(F)(F)CN1. The predicted molar refractivity (Wildman–Crippen MR) is 84.1 cm³/mol. The molecule has 0 aromatic heterocycles. The number of nitrogens with zero attached hydrogens (tertiary/aromatic N) is 1. The third kappa shape index (κ3) is 3.79. The van der Waals surface area contributed by atoms with Crippen molar-refractivity contribution in [1.82, 2.24) is 10.6 Å². The number of para-hydroxylation sites is 1. The first-order valence-electron chi connectivity index (χ1n) is 7.23. The van der Waals surface area contributed by atoms with Gasteiger partial charge in [0.1, 0.15) is 0 Å². The van der Waals surface area contributed by atoms with Gasteiger partial charge in [0.15, 0.2) is 0 Å². The van der Waals surface area contributed by atoms with Crippen LogP contribution in [0.4, 0.5) is 14.5 Å². The van der Waals surface area contributed by atoms with Crippen LogP contribution >= 0.6 is 12.4 Å². The van der Waals surface area contributed by atoms with E-state index in [1.165, 1.54) is 0 Å². The fourth-order valence-electron chi connectivity index (χ4n) is 2.88. The second kappa shape index (κ2) is 6.80. The summed E-state index contributed by atoms with van der Waals surface area (Å²) in [5.41, 5.74) is 1.82. The molecule has 1 aromatic rings. The van der Waals surface area contributed by atoms with Gasteiger partial charge in [-0.1, -0.05) is 18.2 Å². The first kappa shape index (κ1) is 17.6. The van der Waals surface area contributed by atoms with E-state index in [0.29, 0.717) is 13.0 Å². The van der Waals surface area contributed by atoms with Crippen molar-refractivity contribution in [2.24, 2.45) is 0 Å². The lowest BCUT2D eigenvalue weighted by Gasteiger charge is -2.18. The number of hydrogen-bond donors (Lipinski definition) is 2. The normalized spacial score (nSPS) is 21.7. The Morgan fingerprint density at radius 3 is 2.83 bits per heavy atom. The molecule has 1 aromatic carbocycles. The van der Waals surface area contributed by atoms with Gasteiger partial charge in [-0.2, -0.15) is 0 Å². The Labute approximate surface area is 138 Å². The third-order valence-corrected chi connectivity index (χ3v) is 3.99. The Hall–Kier alpha value is -1.73. The van der Waals surface area contributed by atoms with Crippen LogP contribution in [0.3, 0.4) is 0 Å². The molecule has 0 spiro atoms. The quantitative estimate of drug-likeness (QED) is 0.859. The molecule has 2 aliphatic rings. The maximum Gasteiger partial charge on any atom is 0.262 e. The summed E-state index contributed by atoms with van der Waals surface area (Å²) in [6.45, 7) is 0.108. The maximum absolute atomic E-state index is 13.0. The summed E-state index contributed by atoms with van der Waals surface area (Å²) in [5.74, 6) is -3.29. The highest BCUT2D eigenvalue weighted by molar-refractivity contribution is 6.01. The zero-order valence-electron chi connectivity index (χ0n) is 12.4. The number of hydrogen-bond acceptors (Lipinski definition) is 3. The average molecular weight is 346 g/mol. The van der Waals surface area contributed by atoms with Crippen LogP contribution in [-0.2, 0) is 16.0 Å². The van der Waals surface area contributed by atoms with Crippen LogP contribution in [0.25, 0.3) is 0 Å². The van der Waals surface area contributed by atoms with Gasteiger partial charge in [-0.25, -0.2) is 8.78 Å². The molecule has 0 radical (unpaired) electrons. The number of carbonyl (C=O) groups is 2. The van der Waals surface area contributed by atoms with Gasteiger partial charge in [0, 0.05) is 25.2 Å². The highest BCUT2D eigenvalue weighted by atomic mass is 35.5. The lowest BCUT2D eigenvalue weighted by atomic mass is 10.2. The fourth-order valence-corrected chi connectivity index (χ4v) is 2.88. The van der Waals surface area contributed by atoms with Gasteiger partial charge in [0.2, 0.25) is 11.8 Å².